The summed E-state index contributed by atoms with van der Waals surface area (Å²) >= 11 is 0. The molecule has 0 fully saturated rings. The molecule has 0 rings (SSSR count). The molecular formula is C2H7ClO. The summed E-state index contributed by atoms with van der Waals surface area (Å²) in [4.78, 5) is 0. The highest BCUT2D eigenvalue weighted by atomic mass is 35.5. The van der Waals surface area contributed by atoms with E-state index in [1.807, 2.05) is 0 Å². The Bertz CT molecular complexity index is 6.00. The fourth-order valence-electron chi connectivity index (χ4n) is 0. The zero-order chi connectivity index (χ0) is 2.00. The van der Waals surface area contributed by atoms with E-state index in [9.17, 15) is 0 Å². The van der Waals surface area contributed by atoms with Crippen LogP contribution in [0.25, 0.3) is 0 Å². The second-order valence-corrected chi connectivity index (χ2v) is 0. The van der Waals surface area contributed by atoms with E-state index in [0.717, 1.165) is 7.11 Å². The molecule has 0 aliphatic carbocycles. The monoisotopic (exact) mass is 82.0 g/mol. The SMILES string of the molecule is CO.Cl.[CH2]. The lowest BCUT2D eigenvalue weighted by molar-refractivity contribution is 0.399. The second kappa shape index (κ2) is 263. The van der Waals surface area contributed by atoms with E-state index in [2.05, 4.69) is 0 Å². The maximum Gasteiger partial charge on any atom is 0.0319 e. The van der Waals surface area contributed by atoms with Crippen LogP contribution in [-0.2, 0) is 0 Å². The first-order chi connectivity index (χ1) is 1.00. The van der Waals surface area contributed by atoms with Gasteiger partial charge in [-0.05, 0) is 0 Å². The van der Waals surface area contributed by atoms with Crippen molar-refractivity contribution < 1.29 is 5.11 Å². The Labute approximate surface area is 33.1 Å². The molecule has 28 valence electrons. The van der Waals surface area contributed by atoms with Crippen LogP contribution in [0.1, 0.15) is 0 Å². The smallest absolute Gasteiger partial charge is 0.0319 e. The van der Waals surface area contributed by atoms with Gasteiger partial charge in [-0.15, -0.1) is 12.4 Å². The van der Waals surface area contributed by atoms with Crippen molar-refractivity contribution in [1.29, 1.82) is 0 Å². The molecule has 0 aliphatic rings. The second-order valence-electron chi connectivity index (χ2n) is 0. The van der Waals surface area contributed by atoms with Crippen molar-refractivity contribution in [2.75, 3.05) is 7.11 Å². The van der Waals surface area contributed by atoms with Gasteiger partial charge in [0.15, 0.2) is 0 Å². The third-order valence-electron chi connectivity index (χ3n) is 0. The van der Waals surface area contributed by atoms with E-state index < -0.39 is 0 Å². The number of halogens is 1. The zero-order valence-electron chi connectivity index (χ0n) is 2.56. The van der Waals surface area contributed by atoms with E-state index >= 15 is 0 Å². The number of hydrogen-bond acceptors (Lipinski definition) is 1. The summed E-state index contributed by atoms with van der Waals surface area (Å²) < 4.78 is 0. The molecule has 1 nitrogen and oxygen atoms in total. The van der Waals surface area contributed by atoms with Gasteiger partial charge in [-0.25, -0.2) is 0 Å². The Morgan fingerprint density at radius 2 is 1.25 bits per heavy atom. The van der Waals surface area contributed by atoms with E-state index in [4.69, 9.17) is 5.11 Å². The van der Waals surface area contributed by atoms with Crippen molar-refractivity contribution in [3.8, 4) is 0 Å². The third kappa shape index (κ3) is 56.3. The minimum atomic E-state index is 0. The molecule has 0 aromatic rings. The van der Waals surface area contributed by atoms with E-state index in [1.165, 1.54) is 0 Å². The van der Waals surface area contributed by atoms with Gasteiger partial charge in [0.1, 0.15) is 0 Å². The summed E-state index contributed by atoms with van der Waals surface area (Å²) in [6, 6.07) is 0. The minimum absolute atomic E-state index is 0. The van der Waals surface area contributed by atoms with Crippen LogP contribution in [0.15, 0.2) is 0 Å². The lowest BCUT2D eigenvalue weighted by atomic mass is 11.8. The number of aliphatic hydroxyl groups is 1. The summed E-state index contributed by atoms with van der Waals surface area (Å²) in [7, 11) is 1.00. The lowest BCUT2D eigenvalue weighted by Gasteiger charge is -1.21. The van der Waals surface area contributed by atoms with Crippen LogP contribution in [-0.4, -0.2) is 12.2 Å². The van der Waals surface area contributed by atoms with Crippen LogP contribution in [0, 0.1) is 7.43 Å². The van der Waals surface area contributed by atoms with Crippen molar-refractivity contribution in [2.45, 2.75) is 0 Å². The molecule has 0 heterocycles. The van der Waals surface area contributed by atoms with E-state index in [1.54, 1.807) is 0 Å². The minimum Gasteiger partial charge on any atom is -0.400 e. The Balaban J connectivity index is -0.00000000500. The highest BCUT2D eigenvalue weighted by Gasteiger charge is 0.839. The van der Waals surface area contributed by atoms with Gasteiger partial charge in [0.2, 0.25) is 0 Å². The van der Waals surface area contributed by atoms with Crippen LogP contribution in [0.2, 0.25) is 0 Å². The molecule has 2 heteroatoms. The molecule has 0 bridgehead atoms. The molecule has 0 aliphatic heterocycles. The van der Waals surface area contributed by atoms with Crippen LogP contribution < -0.4 is 0 Å². The van der Waals surface area contributed by atoms with Gasteiger partial charge in [-0.3, -0.25) is 0 Å². The molecule has 1 N–H and O–H groups in total. The summed E-state index contributed by atoms with van der Waals surface area (Å²) in [5.41, 5.74) is 0. The first-order valence-corrected chi connectivity index (χ1v) is 0.447. The molecule has 2 radical (unpaired) electrons. The summed E-state index contributed by atoms with van der Waals surface area (Å²) in [5.74, 6) is 0. The Hall–Kier alpha value is 0.250. The highest BCUT2D eigenvalue weighted by Crippen LogP contribution is 0.755. The van der Waals surface area contributed by atoms with Gasteiger partial charge in [-0.2, -0.15) is 0 Å². The van der Waals surface area contributed by atoms with Crippen LogP contribution in [0.5, 0.6) is 0 Å². The Morgan fingerprint density at radius 3 is 1.25 bits per heavy atom. The maximum absolute atomic E-state index is 7.00. The molecule has 0 aromatic carbocycles. The predicted octanol–water partition coefficient (Wildman–Crippen LogP) is 0.358. The fraction of sp³-hybridized carbons (Fsp3) is 0.500. The van der Waals surface area contributed by atoms with Crippen molar-refractivity contribution in [3.05, 3.63) is 7.43 Å². The first kappa shape index (κ1) is 28.7. The molecule has 0 atom stereocenters. The number of rotatable bonds is 0. The largest absolute Gasteiger partial charge is 0.400 e. The molecular weight excluding hydrogens is 75.5 g/mol. The van der Waals surface area contributed by atoms with E-state index in [0.29, 0.717) is 0 Å². The van der Waals surface area contributed by atoms with Gasteiger partial charge < -0.3 is 5.11 Å². The summed E-state index contributed by atoms with van der Waals surface area (Å²) in [5, 5.41) is 7.00. The number of aliphatic hydroxyl groups excluding tert-OH is 1. The Kier molecular flexibility index (Phi) is 1890. The lowest BCUT2D eigenvalue weighted by Crippen LogP contribution is -1.25. The van der Waals surface area contributed by atoms with Crippen LogP contribution in [0.4, 0.5) is 0 Å². The zero-order valence-corrected chi connectivity index (χ0v) is 3.38. The first-order valence-electron chi connectivity index (χ1n) is 0.447. The van der Waals surface area contributed by atoms with Crippen LogP contribution >= 0.6 is 12.4 Å². The predicted molar refractivity (Wildman–Crippen MR) is 20.7 cm³/mol. The van der Waals surface area contributed by atoms with Gasteiger partial charge in [0, 0.05) is 7.11 Å². The topological polar surface area (TPSA) is 20.2 Å². The van der Waals surface area contributed by atoms with E-state index in [-0.39, 0.29) is 19.8 Å². The third-order valence-corrected chi connectivity index (χ3v) is 0. The molecule has 0 saturated carbocycles. The molecule has 0 aromatic heterocycles. The van der Waals surface area contributed by atoms with Crippen LogP contribution in [0.3, 0.4) is 0 Å². The average Bonchev–Trinajstić information content (AvgIpc) is 1.00. The molecule has 4 heavy (non-hydrogen) atoms. The highest BCUT2D eigenvalue weighted by molar-refractivity contribution is 5.85. The molecule has 0 saturated heterocycles. The standard InChI is InChI=1S/CH4O.CH2.ClH/c1-2;;/h2H,1H3;1H2;1H. The maximum atomic E-state index is 7.00. The Morgan fingerprint density at radius 1 is 1.25 bits per heavy atom. The molecule has 0 unspecified atom stereocenters. The normalized spacial score (nSPS) is 1.50. The quantitative estimate of drug-likeness (QED) is 0.447. The van der Waals surface area contributed by atoms with Crippen molar-refractivity contribution >= 4 is 12.4 Å². The molecule has 0 amide bonds. The summed E-state index contributed by atoms with van der Waals surface area (Å²) in [6.07, 6.45) is 0. The number of hydrogen-bond donors (Lipinski definition) is 1. The van der Waals surface area contributed by atoms with Crippen molar-refractivity contribution in [3.63, 3.8) is 0 Å². The summed E-state index contributed by atoms with van der Waals surface area (Å²) in [6.45, 7) is 0. The van der Waals surface area contributed by atoms with Crippen molar-refractivity contribution in [1.82, 2.24) is 0 Å². The van der Waals surface area contributed by atoms with Gasteiger partial charge in [-0.1, -0.05) is 7.43 Å². The van der Waals surface area contributed by atoms with Crippen molar-refractivity contribution in [2.24, 2.45) is 0 Å². The fourth-order valence-corrected chi connectivity index (χ4v) is 0. The average molecular weight is 82.5 g/mol. The van der Waals surface area contributed by atoms with Gasteiger partial charge in [0.25, 0.3) is 0 Å². The van der Waals surface area contributed by atoms with Gasteiger partial charge in [0.05, 0.1) is 0 Å². The molecule has 0 spiro atoms. The van der Waals surface area contributed by atoms with Gasteiger partial charge >= 0.3 is 0 Å².